The Morgan fingerprint density at radius 1 is 0.839 bits per heavy atom. The fraction of sp³-hybridized carbons (Fsp3) is 0.200. The van der Waals surface area contributed by atoms with Crippen LogP contribution < -0.4 is 15.5 Å². The Balaban J connectivity index is 1.37. The quantitative estimate of drug-likeness (QED) is 0.581. The first-order chi connectivity index (χ1) is 15.1. The van der Waals surface area contributed by atoms with Gasteiger partial charge in [0, 0.05) is 36.7 Å². The summed E-state index contributed by atoms with van der Waals surface area (Å²) in [5, 5.41) is 5.63. The van der Waals surface area contributed by atoms with Crippen molar-refractivity contribution in [3.63, 3.8) is 0 Å². The van der Waals surface area contributed by atoms with Crippen LogP contribution in [0.4, 0.5) is 26.7 Å². The number of amides is 4. The Labute approximate surface area is 182 Å². The van der Waals surface area contributed by atoms with Crippen molar-refractivity contribution in [1.82, 2.24) is 4.90 Å². The summed E-state index contributed by atoms with van der Waals surface area (Å²) in [4.78, 5) is 28.9. The summed E-state index contributed by atoms with van der Waals surface area (Å²) in [6.07, 6.45) is 0.914. The van der Waals surface area contributed by atoms with E-state index in [9.17, 15) is 9.59 Å². The molecule has 0 atom stereocenters. The molecule has 31 heavy (non-hydrogen) atoms. The third kappa shape index (κ3) is 5.22. The third-order valence-electron chi connectivity index (χ3n) is 5.27. The molecule has 0 radical (unpaired) electrons. The molecule has 0 aromatic heterocycles. The van der Waals surface area contributed by atoms with Crippen LogP contribution in [-0.4, -0.2) is 30.1 Å². The van der Waals surface area contributed by atoms with Crippen molar-refractivity contribution in [3.05, 3.63) is 90.0 Å². The fourth-order valence-corrected chi connectivity index (χ4v) is 3.63. The van der Waals surface area contributed by atoms with Crippen molar-refractivity contribution in [2.24, 2.45) is 0 Å². The average Bonchev–Trinajstić information content (AvgIpc) is 2.78. The molecular formula is C25H26N4O2. The summed E-state index contributed by atoms with van der Waals surface area (Å²) in [7, 11) is 0. The standard InChI is InChI=1S/C25H26N4O2/c1-19-8-10-21(11-9-19)26-24(30)27-22-12-14-23(15-13-22)29-17-5-16-28(25(29)31)18-20-6-3-2-4-7-20/h2-4,6-15H,5,16-18H2,1H3,(H2,26,27,30). The second-order valence-corrected chi connectivity index (χ2v) is 7.69. The number of benzene rings is 3. The van der Waals surface area contributed by atoms with Crippen molar-refractivity contribution >= 4 is 29.1 Å². The molecule has 0 saturated carbocycles. The van der Waals surface area contributed by atoms with Crippen molar-refractivity contribution < 1.29 is 9.59 Å². The van der Waals surface area contributed by atoms with Gasteiger partial charge >= 0.3 is 12.1 Å². The van der Waals surface area contributed by atoms with Crippen LogP contribution in [0.15, 0.2) is 78.9 Å². The summed E-state index contributed by atoms with van der Waals surface area (Å²) in [5.74, 6) is 0. The van der Waals surface area contributed by atoms with E-state index in [0.29, 0.717) is 18.8 Å². The van der Waals surface area contributed by atoms with Gasteiger partial charge in [0.25, 0.3) is 0 Å². The smallest absolute Gasteiger partial charge is 0.320 e. The van der Waals surface area contributed by atoms with E-state index in [1.54, 1.807) is 4.90 Å². The molecule has 158 valence electrons. The minimum absolute atomic E-state index is 0.00734. The number of rotatable bonds is 5. The van der Waals surface area contributed by atoms with E-state index in [2.05, 4.69) is 10.6 Å². The zero-order chi connectivity index (χ0) is 21.6. The molecule has 0 aliphatic carbocycles. The Bertz CT molecular complexity index is 1030. The lowest BCUT2D eigenvalue weighted by Gasteiger charge is -2.35. The van der Waals surface area contributed by atoms with Crippen LogP contribution in [0, 0.1) is 6.92 Å². The number of hydrogen-bond donors (Lipinski definition) is 2. The molecular weight excluding hydrogens is 388 g/mol. The highest BCUT2D eigenvalue weighted by molar-refractivity contribution is 6.00. The minimum Gasteiger partial charge on any atom is -0.320 e. The van der Waals surface area contributed by atoms with Crippen LogP contribution in [0.25, 0.3) is 0 Å². The first-order valence-electron chi connectivity index (χ1n) is 10.4. The molecule has 3 aromatic rings. The molecule has 0 spiro atoms. The monoisotopic (exact) mass is 414 g/mol. The predicted molar refractivity (Wildman–Crippen MR) is 124 cm³/mol. The molecule has 2 N–H and O–H groups in total. The molecule has 4 rings (SSSR count). The van der Waals surface area contributed by atoms with Gasteiger partial charge in [-0.05, 0) is 55.3 Å². The molecule has 0 unspecified atom stereocenters. The lowest BCUT2D eigenvalue weighted by molar-refractivity contribution is 0.192. The van der Waals surface area contributed by atoms with Gasteiger partial charge < -0.3 is 15.5 Å². The number of hydrogen-bond acceptors (Lipinski definition) is 2. The maximum atomic E-state index is 13.0. The molecule has 1 heterocycles. The predicted octanol–water partition coefficient (Wildman–Crippen LogP) is 5.47. The lowest BCUT2D eigenvalue weighted by Crippen LogP contribution is -2.49. The molecule has 0 bridgehead atoms. The van der Waals surface area contributed by atoms with E-state index in [0.717, 1.165) is 35.5 Å². The van der Waals surface area contributed by atoms with Gasteiger partial charge in [0.15, 0.2) is 0 Å². The van der Waals surface area contributed by atoms with Gasteiger partial charge in [-0.2, -0.15) is 0 Å². The molecule has 1 fully saturated rings. The van der Waals surface area contributed by atoms with Gasteiger partial charge in [0.2, 0.25) is 0 Å². The fourth-order valence-electron chi connectivity index (χ4n) is 3.63. The number of nitrogens with zero attached hydrogens (tertiary/aromatic N) is 2. The van der Waals surface area contributed by atoms with Gasteiger partial charge in [-0.15, -0.1) is 0 Å². The van der Waals surface area contributed by atoms with E-state index in [-0.39, 0.29) is 12.1 Å². The number of anilines is 3. The highest BCUT2D eigenvalue weighted by atomic mass is 16.2. The van der Waals surface area contributed by atoms with Crippen LogP contribution in [0.2, 0.25) is 0 Å². The molecule has 1 saturated heterocycles. The van der Waals surface area contributed by atoms with E-state index < -0.39 is 0 Å². The number of nitrogens with one attached hydrogen (secondary N) is 2. The van der Waals surface area contributed by atoms with Crippen LogP contribution >= 0.6 is 0 Å². The zero-order valence-electron chi connectivity index (χ0n) is 17.5. The second kappa shape index (κ2) is 9.34. The molecule has 3 aromatic carbocycles. The van der Waals surface area contributed by atoms with Gasteiger partial charge in [-0.3, -0.25) is 4.90 Å². The first kappa shape index (κ1) is 20.5. The maximum absolute atomic E-state index is 13.0. The minimum atomic E-state index is -0.306. The number of urea groups is 2. The zero-order valence-corrected chi connectivity index (χ0v) is 17.5. The number of carbonyl (C=O) groups excluding carboxylic acids is 2. The van der Waals surface area contributed by atoms with E-state index in [4.69, 9.17) is 0 Å². The summed E-state index contributed by atoms with van der Waals surface area (Å²) < 4.78 is 0. The van der Waals surface area contributed by atoms with Gasteiger partial charge in [0.05, 0.1) is 0 Å². The van der Waals surface area contributed by atoms with Crippen molar-refractivity contribution in [1.29, 1.82) is 0 Å². The lowest BCUT2D eigenvalue weighted by atomic mass is 10.2. The average molecular weight is 415 g/mol. The maximum Gasteiger partial charge on any atom is 0.324 e. The topological polar surface area (TPSA) is 64.7 Å². The normalized spacial score (nSPS) is 13.8. The molecule has 1 aliphatic rings. The highest BCUT2D eigenvalue weighted by Gasteiger charge is 2.26. The Morgan fingerprint density at radius 3 is 2.10 bits per heavy atom. The van der Waals surface area contributed by atoms with E-state index >= 15 is 0 Å². The van der Waals surface area contributed by atoms with Crippen molar-refractivity contribution in [2.45, 2.75) is 19.9 Å². The molecule has 6 nitrogen and oxygen atoms in total. The largest absolute Gasteiger partial charge is 0.324 e. The van der Waals surface area contributed by atoms with Crippen LogP contribution in [0.5, 0.6) is 0 Å². The summed E-state index contributed by atoms with van der Waals surface area (Å²) in [5.41, 5.74) is 4.48. The summed E-state index contributed by atoms with van der Waals surface area (Å²) >= 11 is 0. The Morgan fingerprint density at radius 2 is 1.45 bits per heavy atom. The van der Waals surface area contributed by atoms with E-state index in [1.807, 2.05) is 90.7 Å². The Kier molecular flexibility index (Phi) is 6.17. The van der Waals surface area contributed by atoms with E-state index in [1.165, 1.54) is 0 Å². The molecule has 6 heteroatoms. The Hall–Kier alpha value is -3.80. The van der Waals surface area contributed by atoms with Crippen LogP contribution in [-0.2, 0) is 6.54 Å². The van der Waals surface area contributed by atoms with Crippen LogP contribution in [0.3, 0.4) is 0 Å². The van der Waals surface area contributed by atoms with Crippen molar-refractivity contribution in [3.8, 4) is 0 Å². The van der Waals surface area contributed by atoms with Gasteiger partial charge in [-0.25, -0.2) is 9.59 Å². The van der Waals surface area contributed by atoms with Crippen molar-refractivity contribution in [2.75, 3.05) is 28.6 Å². The van der Waals surface area contributed by atoms with Gasteiger partial charge in [-0.1, -0.05) is 48.0 Å². The highest BCUT2D eigenvalue weighted by Crippen LogP contribution is 2.23. The van der Waals surface area contributed by atoms with Gasteiger partial charge in [0.1, 0.15) is 0 Å². The summed E-state index contributed by atoms with van der Waals surface area (Å²) in [6, 6.07) is 24.7. The summed E-state index contributed by atoms with van der Waals surface area (Å²) in [6.45, 7) is 4.04. The third-order valence-corrected chi connectivity index (χ3v) is 5.27. The molecule has 4 amide bonds. The molecule has 1 aliphatic heterocycles. The second-order valence-electron chi connectivity index (χ2n) is 7.69. The SMILES string of the molecule is Cc1ccc(NC(=O)Nc2ccc(N3CCCN(Cc4ccccc4)C3=O)cc2)cc1. The number of carbonyl (C=O) groups is 2. The van der Waals surface area contributed by atoms with Crippen LogP contribution in [0.1, 0.15) is 17.5 Å². The first-order valence-corrected chi connectivity index (χ1v) is 10.4. The number of aryl methyl sites for hydroxylation is 1.